The molecule has 1 aliphatic rings. The van der Waals surface area contributed by atoms with E-state index in [2.05, 4.69) is 17.4 Å². The number of rotatable bonds is 6. The Hall–Kier alpha value is -1.55. The number of ether oxygens (including phenoxy) is 1. The first-order valence-corrected chi connectivity index (χ1v) is 7.35. The van der Waals surface area contributed by atoms with Gasteiger partial charge in [-0.25, -0.2) is 0 Å². The Labute approximate surface area is 120 Å². The summed E-state index contributed by atoms with van der Waals surface area (Å²) in [6.45, 7) is 0.733. The van der Waals surface area contributed by atoms with Gasteiger partial charge in [-0.05, 0) is 49.8 Å². The molecule has 4 heteroatoms. The van der Waals surface area contributed by atoms with Gasteiger partial charge in [0.15, 0.2) is 0 Å². The lowest BCUT2D eigenvalue weighted by Crippen LogP contribution is -2.31. The highest BCUT2D eigenvalue weighted by Crippen LogP contribution is 2.23. The monoisotopic (exact) mass is 276 g/mol. The predicted molar refractivity (Wildman–Crippen MR) is 79.6 cm³/mol. The number of carbonyl (C=O) groups excluding carboxylic acids is 1. The Morgan fingerprint density at radius 3 is 2.70 bits per heavy atom. The number of hydrogen-bond donors (Lipinski definition) is 2. The van der Waals surface area contributed by atoms with Crippen molar-refractivity contribution in [2.24, 2.45) is 11.7 Å². The lowest BCUT2D eigenvalue weighted by Gasteiger charge is -2.10. The molecular weight excluding hydrogens is 252 g/mol. The largest absolute Gasteiger partial charge is 0.497 e. The molecule has 0 bridgehead atoms. The van der Waals surface area contributed by atoms with Crippen molar-refractivity contribution in [2.75, 3.05) is 13.7 Å². The molecule has 0 aromatic heterocycles. The molecule has 2 unspecified atom stereocenters. The van der Waals surface area contributed by atoms with E-state index in [1.54, 1.807) is 7.11 Å². The standard InChI is InChI=1S/C16H24N2O2/c1-20-15-8-4-12(5-9-15)3-2-10-18-16(19)13-6-7-14(17)11-13/h4-5,8-9,13-14H,2-3,6-7,10-11,17H2,1H3,(H,18,19). The second-order valence-electron chi connectivity index (χ2n) is 5.51. The van der Waals surface area contributed by atoms with Gasteiger partial charge in [0.25, 0.3) is 0 Å². The average molecular weight is 276 g/mol. The molecule has 1 fully saturated rings. The summed E-state index contributed by atoms with van der Waals surface area (Å²) in [5, 5.41) is 3.02. The third kappa shape index (κ3) is 4.23. The van der Waals surface area contributed by atoms with Crippen LogP contribution >= 0.6 is 0 Å². The summed E-state index contributed by atoms with van der Waals surface area (Å²) in [5.41, 5.74) is 7.09. The van der Waals surface area contributed by atoms with Crippen LogP contribution in [0.2, 0.25) is 0 Å². The van der Waals surface area contributed by atoms with E-state index in [1.165, 1.54) is 5.56 Å². The molecule has 0 radical (unpaired) electrons. The Morgan fingerprint density at radius 2 is 2.10 bits per heavy atom. The van der Waals surface area contributed by atoms with Crippen LogP contribution in [-0.2, 0) is 11.2 Å². The zero-order valence-corrected chi connectivity index (χ0v) is 12.1. The second kappa shape index (κ2) is 7.29. The third-order valence-electron chi connectivity index (χ3n) is 3.94. The van der Waals surface area contributed by atoms with E-state index in [9.17, 15) is 4.79 Å². The first-order valence-electron chi connectivity index (χ1n) is 7.35. The van der Waals surface area contributed by atoms with Crippen LogP contribution in [0.5, 0.6) is 5.75 Å². The van der Waals surface area contributed by atoms with Crippen LogP contribution in [0.1, 0.15) is 31.2 Å². The number of nitrogens with two attached hydrogens (primary N) is 1. The van der Waals surface area contributed by atoms with Crippen molar-refractivity contribution in [3.05, 3.63) is 29.8 Å². The van der Waals surface area contributed by atoms with Crippen LogP contribution < -0.4 is 15.8 Å². The van der Waals surface area contributed by atoms with Crippen molar-refractivity contribution in [3.63, 3.8) is 0 Å². The predicted octanol–water partition coefficient (Wildman–Crippen LogP) is 1.87. The molecular formula is C16H24N2O2. The van der Waals surface area contributed by atoms with Crippen molar-refractivity contribution in [3.8, 4) is 5.75 Å². The van der Waals surface area contributed by atoms with Gasteiger partial charge < -0.3 is 15.8 Å². The lowest BCUT2D eigenvalue weighted by atomic mass is 10.1. The fourth-order valence-electron chi connectivity index (χ4n) is 2.70. The zero-order valence-electron chi connectivity index (χ0n) is 12.1. The maximum Gasteiger partial charge on any atom is 0.223 e. The molecule has 2 atom stereocenters. The van der Waals surface area contributed by atoms with Gasteiger partial charge in [-0.2, -0.15) is 0 Å². The third-order valence-corrected chi connectivity index (χ3v) is 3.94. The molecule has 1 saturated carbocycles. The minimum atomic E-state index is 0.131. The molecule has 1 aromatic carbocycles. The van der Waals surface area contributed by atoms with Crippen LogP contribution in [0.25, 0.3) is 0 Å². The summed E-state index contributed by atoms with van der Waals surface area (Å²) >= 11 is 0. The Morgan fingerprint density at radius 1 is 1.35 bits per heavy atom. The van der Waals surface area contributed by atoms with Crippen LogP contribution in [-0.4, -0.2) is 25.6 Å². The molecule has 1 aromatic rings. The molecule has 0 aliphatic heterocycles. The van der Waals surface area contributed by atoms with Crippen molar-refractivity contribution < 1.29 is 9.53 Å². The van der Waals surface area contributed by atoms with E-state index < -0.39 is 0 Å². The van der Waals surface area contributed by atoms with Gasteiger partial charge in [-0.1, -0.05) is 12.1 Å². The van der Waals surface area contributed by atoms with Gasteiger partial charge in [0, 0.05) is 18.5 Å². The van der Waals surface area contributed by atoms with Crippen LogP contribution in [0.15, 0.2) is 24.3 Å². The van der Waals surface area contributed by atoms with Crippen LogP contribution in [0, 0.1) is 5.92 Å². The maximum atomic E-state index is 11.9. The number of hydrogen-bond acceptors (Lipinski definition) is 3. The Balaban J connectivity index is 1.64. The molecule has 3 N–H and O–H groups in total. The summed E-state index contributed by atoms with van der Waals surface area (Å²) in [7, 11) is 1.67. The summed E-state index contributed by atoms with van der Waals surface area (Å²) in [6, 6.07) is 8.28. The summed E-state index contributed by atoms with van der Waals surface area (Å²) in [6.07, 6.45) is 4.67. The van der Waals surface area contributed by atoms with E-state index in [-0.39, 0.29) is 17.9 Å². The molecule has 1 amide bonds. The van der Waals surface area contributed by atoms with Gasteiger partial charge in [-0.15, -0.1) is 0 Å². The first-order chi connectivity index (χ1) is 9.69. The number of benzene rings is 1. The number of methoxy groups -OCH3 is 1. The van der Waals surface area contributed by atoms with Gasteiger partial charge in [-0.3, -0.25) is 4.79 Å². The topological polar surface area (TPSA) is 64.3 Å². The normalized spacial score (nSPS) is 21.7. The first kappa shape index (κ1) is 14.9. The van der Waals surface area contributed by atoms with Crippen molar-refractivity contribution in [1.29, 1.82) is 0 Å². The minimum absolute atomic E-state index is 0.131. The molecule has 2 rings (SSSR count). The SMILES string of the molecule is COc1ccc(CCCNC(=O)C2CCC(N)C2)cc1. The highest BCUT2D eigenvalue weighted by molar-refractivity contribution is 5.78. The molecule has 4 nitrogen and oxygen atoms in total. The van der Waals surface area contributed by atoms with Crippen molar-refractivity contribution in [1.82, 2.24) is 5.32 Å². The number of amides is 1. The van der Waals surface area contributed by atoms with Crippen molar-refractivity contribution in [2.45, 2.75) is 38.1 Å². The molecule has 0 heterocycles. The fourth-order valence-corrected chi connectivity index (χ4v) is 2.70. The molecule has 1 aliphatic carbocycles. The second-order valence-corrected chi connectivity index (χ2v) is 5.51. The maximum absolute atomic E-state index is 11.9. The highest BCUT2D eigenvalue weighted by atomic mass is 16.5. The van der Waals surface area contributed by atoms with E-state index in [0.29, 0.717) is 0 Å². The van der Waals surface area contributed by atoms with Gasteiger partial charge in [0.2, 0.25) is 5.91 Å². The molecule has 0 spiro atoms. The average Bonchev–Trinajstić information content (AvgIpc) is 2.91. The zero-order chi connectivity index (χ0) is 14.4. The number of aryl methyl sites for hydroxylation is 1. The van der Waals surface area contributed by atoms with E-state index in [0.717, 1.165) is 44.4 Å². The van der Waals surface area contributed by atoms with E-state index in [4.69, 9.17) is 10.5 Å². The fraction of sp³-hybridized carbons (Fsp3) is 0.562. The summed E-state index contributed by atoms with van der Waals surface area (Å²) in [4.78, 5) is 11.9. The minimum Gasteiger partial charge on any atom is -0.497 e. The summed E-state index contributed by atoms with van der Waals surface area (Å²) < 4.78 is 5.12. The van der Waals surface area contributed by atoms with Crippen LogP contribution in [0.4, 0.5) is 0 Å². The number of nitrogens with one attached hydrogen (secondary N) is 1. The molecule has 20 heavy (non-hydrogen) atoms. The summed E-state index contributed by atoms with van der Waals surface area (Å²) in [5.74, 6) is 1.18. The smallest absolute Gasteiger partial charge is 0.223 e. The molecule has 0 saturated heterocycles. The van der Waals surface area contributed by atoms with Gasteiger partial charge in [0.05, 0.1) is 7.11 Å². The highest BCUT2D eigenvalue weighted by Gasteiger charge is 2.27. The Kier molecular flexibility index (Phi) is 5.41. The Bertz CT molecular complexity index is 431. The van der Waals surface area contributed by atoms with E-state index in [1.807, 2.05) is 12.1 Å². The van der Waals surface area contributed by atoms with Crippen molar-refractivity contribution >= 4 is 5.91 Å². The van der Waals surface area contributed by atoms with Crippen LogP contribution in [0.3, 0.4) is 0 Å². The van der Waals surface area contributed by atoms with Gasteiger partial charge in [0.1, 0.15) is 5.75 Å². The quantitative estimate of drug-likeness (QED) is 0.780. The number of carbonyl (C=O) groups is 1. The molecule has 110 valence electrons. The van der Waals surface area contributed by atoms with E-state index >= 15 is 0 Å². The van der Waals surface area contributed by atoms with Gasteiger partial charge >= 0.3 is 0 Å². The lowest BCUT2D eigenvalue weighted by molar-refractivity contribution is -0.124.